The lowest BCUT2D eigenvalue weighted by Gasteiger charge is -2.25. The Hall–Kier alpha value is -3.80. The standard InChI is InChI=1S/C27H37N5O6/c28-14-8-7-13-21(30-24(34)20(29)15-18-9-3-1-4-10-18)25(35)31-22(16-19-11-5-2-6-12-19)26(36)32-23(17-33)27(37)38/h1-6,9-12,20-23,33H,7-8,13-17,28-29H2,(H,30,34)(H,31,35)(H,32,36)(H,37,38). The van der Waals surface area contributed by atoms with Gasteiger partial charge in [0.1, 0.15) is 18.1 Å². The maximum atomic E-state index is 13.3. The molecule has 9 N–H and O–H groups in total. The molecule has 0 aliphatic heterocycles. The van der Waals surface area contributed by atoms with Crippen LogP contribution in [0.3, 0.4) is 0 Å². The Labute approximate surface area is 222 Å². The Balaban J connectivity index is 2.17. The van der Waals surface area contributed by atoms with Crippen LogP contribution in [0.5, 0.6) is 0 Å². The quantitative estimate of drug-likeness (QED) is 0.141. The normalized spacial score (nSPS) is 14.0. The molecule has 4 atom stereocenters. The van der Waals surface area contributed by atoms with E-state index < -0.39 is 54.5 Å². The van der Waals surface area contributed by atoms with Crippen LogP contribution in [-0.4, -0.2) is 71.2 Å². The van der Waals surface area contributed by atoms with Gasteiger partial charge < -0.3 is 37.6 Å². The number of amides is 3. The molecule has 2 aromatic carbocycles. The highest BCUT2D eigenvalue weighted by Gasteiger charge is 2.30. The first kappa shape index (κ1) is 30.4. The molecule has 11 heteroatoms. The van der Waals surface area contributed by atoms with E-state index in [0.29, 0.717) is 19.4 Å². The molecule has 2 rings (SSSR count). The molecule has 0 aliphatic carbocycles. The number of aliphatic hydroxyl groups excluding tert-OH is 1. The third-order valence-corrected chi connectivity index (χ3v) is 5.93. The Morgan fingerprint density at radius 2 is 1.21 bits per heavy atom. The first-order chi connectivity index (χ1) is 18.2. The predicted octanol–water partition coefficient (Wildman–Crippen LogP) is -0.541. The third-order valence-electron chi connectivity index (χ3n) is 5.93. The van der Waals surface area contributed by atoms with Gasteiger partial charge in [0.05, 0.1) is 12.6 Å². The number of nitrogens with one attached hydrogen (secondary N) is 3. The monoisotopic (exact) mass is 527 g/mol. The highest BCUT2D eigenvalue weighted by atomic mass is 16.4. The summed E-state index contributed by atoms with van der Waals surface area (Å²) in [6.07, 6.45) is 1.78. The van der Waals surface area contributed by atoms with E-state index >= 15 is 0 Å². The van der Waals surface area contributed by atoms with Gasteiger partial charge in [-0.25, -0.2) is 4.79 Å². The molecule has 0 saturated heterocycles. The highest BCUT2D eigenvalue weighted by molar-refractivity contribution is 5.94. The molecular formula is C27H37N5O6. The van der Waals surface area contributed by atoms with Crippen molar-refractivity contribution < 1.29 is 29.4 Å². The van der Waals surface area contributed by atoms with Gasteiger partial charge in [0.2, 0.25) is 17.7 Å². The molecule has 0 heterocycles. The number of carbonyl (C=O) groups is 4. The number of rotatable bonds is 16. The number of carboxylic acid groups (broad SMARTS) is 1. The molecule has 38 heavy (non-hydrogen) atoms. The second kappa shape index (κ2) is 16.1. The minimum atomic E-state index is -1.53. The average molecular weight is 528 g/mol. The Bertz CT molecular complexity index is 1040. The molecule has 3 amide bonds. The molecular weight excluding hydrogens is 490 g/mol. The molecule has 2 aromatic rings. The predicted molar refractivity (Wildman–Crippen MR) is 142 cm³/mol. The zero-order valence-corrected chi connectivity index (χ0v) is 21.2. The summed E-state index contributed by atoms with van der Waals surface area (Å²) >= 11 is 0. The van der Waals surface area contributed by atoms with Gasteiger partial charge in [0.25, 0.3) is 0 Å². The number of carbonyl (C=O) groups excluding carboxylic acids is 3. The first-order valence-corrected chi connectivity index (χ1v) is 12.5. The molecule has 4 unspecified atom stereocenters. The number of carboxylic acids is 1. The largest absolute Gasteiger partial charge is 0.480 e. The number of aliphatic hydroxyl groups is 1. The Kier molecular flexibility index (Phi) is 12.9. The summed E-state index contributed by atoms with van der Waals surface area (Å²) in [5.74, 6) is -3.33. The number of benzene rings is 2. The van der Waals surface area contributed by atoms with Gasteiger partial charge in [-0.3, -0.25) is 14.4 Å². The SMILES string of the molecule is NCCCCC(NC(=O)C(N)Cc1ccccc1)C(=O)NC(Cc1ccccc1)C(=O)NC(CO)C(=O)O. The van der Waals surface area contributed by atoms with Crippen molar-refractivity contribution in [2.24, 2.45) is 11.5 Å². The van der Waals surface area contributed by atoms with Gasteiger partial charge in [-0.15, -0.1) is 0 Å². The summed E-state index contributed by atoms with van der Waals surface area (Å²) in [6, 6.07) is 13.5. The molecule has 0 aliphatic rings. The van der Waals surface area contributed by atoms with E-state index in [0.717, 1.165) is 11.1 Å². The van der Waals surface area contributed by atoms with Crippen molar-refractivity contribution in [3.05, 3.63) is 71.8 Å². The van der Waals surface area contributed by atoms with Gasteiger partial charge >= 0.3 is 5.97 Å². The van der Waals surface area contributed by atoms with Gasteiger partial charge in [-0.2, -0.15) is 0 Å². The van der Waals surface area contributed by atoms with E-state index in [4.69, 9.17) is 11.5 Å². The highest BCUT2D eigenvalue weighted by Crippen LogP contribution is 2.08. The molecule has 206 valence electrons. The molecule has 0 fully saturated rings. The summed E-state index contributed by atoms with van der Waals surface area (Å²) in [5, 5.41) is 26.1. The second-order valence-electron chi connectivity index (χ2n) is 8.97. The third kappa shape index (κ3) is 10.3. The number of unbranched alkanes of at least 4 members (excludes halogenated alkanes) is 1. The number of nitrogens with two attached hydrogens (primary N) is 2. The van der Waals surface area contributed by atoms with Gasteiger partial charge in [-0.05, 0) is 43.4 Å². The fraction of sp³-hybridized carbons (Fsp3) is 0.407. The fourth-order valence-electron chi connectivity index (χ4n) is 3.79. The molecule has 0 saturated carbocycles. The molecule has 0 radical (unpaired) electrons. The van der Waals surface area contributed by atoms with Crippen LogP contribution in [0.1, 0.15) is 30.4 Å². The fourth-order valence-corrected chi connectivity index (χ4v) is 3.79. The van der Waals surface area contributed by atoms with Crippen LogP contribution in [0, 0.1) is 0 Å². The summed E-state index contributed by atoms with van der Waals surface area (Å²) in [4.78, 5) is 50.4. The van der Waals surface area contributed by atoms with Crippen LogP contribution in [0.4, 0.5) is 0 Å². The van der Waals surface area contributed by atoms with E-state index in [2.05, 4.69) is 16.0 Å². The van der Waals surface area contributed by atoms with Crippen LogP contribution < -0.4 is 27.4 Å². The lowest BCUT2D eigenvalue weighted by molar-refractivity contribution is -0.143. The van der Waals surface area contributed by atoms with Gasteiger partial charge in [0.15, 0.2) is 0 Å². The van der Waals surface area contributed by atoms with Gasteiger partial charge in [0, 0.05) is 6.42 Å². The van der Waals surface area contributed by atoms with Crippen LogP contribution in [-0.2, 0) is 32.0 Å². The van der Waals surface area contributed by atoms with E-state index in [1.165, 1.54) is 0 Å². The van der Waals surface area contributed by atoms with Crippen molar-refractivity contribution in [3.8, 4) is 0 Å². The zero-order chi connectivity index (χ0) is 27.9. The van der Waals surface area contributed by atoms with Crippen molar-refractivity contribution in [2.75, 3.05) is 13.2 Å². The second-order valence-corrected chi connectivity index (χ2v) is 8.97. The topological polar surface area (TPSA) is 197 Å². The van der Waals surface area contributed by atoms with E-state index in [-0.39, 0.29) is 19.3 Å². The average Bonchev–Trinajstić information content (AvgIpc) is 2.91. The summed E-state index contributed by atoms with van der Waals surface area (Å²) in [7, 11) is 0. The van der Waals surface area contributed by atoms with Gasteiger partial charge in [-0.1, -0.05) is 60.7 Å². The minimum Gasteiger partial charge on any atom is -0.480 e. The van der Waals surface area contributed by atoms with E-state index in [1.54, 1.807) is 30.3 Å². The molecule has 0 bridgehead atoms. The van der Waals surface area contributed by atoms with Crippen LogP contribution in [0.25, 0.3) is 0 Å². The molecule has 0 aromatic heterocycles. The van der Waals surface area contributed by atoms with E-state index in [9.17, 15) is 29.4 Å². The van der Waals surface area contributed by atoms with Crippen LogP contribution >= 0.6 is 0 Å². The Morgan fingerprint density at radius 1 is 0.711 bits per heavy atom. The lowest BCUT2D eigenvalue weighted by atomic mass is 10.0. The number of aliphatic carboxylic acids is 1. The zero-order valence-electron chi connectivity index (χ0n) is 21.2. The Morgan fingerprint density at radius 3 is 1.74 bits per heavy atom. The smallest absolute Gasteiger partial charge is 0.328 e. The van der Waals surface area contributed by atoms with Crippen molar-refractivity contribution in [1.29, 1.82) is 0 Å². The first-order valence-electron chi connectivity index (χ1n) is 12.5. The van der Waals surface area contributed by atoms with Crippen molar-refractivity contribution in [3.63, 3.8) is 0 Å². The summed E-state index contributed by atoms with van der Waals surface area (Å²) in [6.45, 7) is -0.406. The van der Waals surface area contributed by atoms with E-state index in [1.807, 2.05) is 30.3 Å². The summed E-state index contributed by atoms with van der Waals surface area (Å²) < 4.78 is 0. The van der Waals surface area contributed by atoms with Crippen molar-refractivity contribution in [2.45, 2.75) is 56.3 Å². The van der Waals surface area contributed by atoms with Crippen LogP contribution in [0.15, 0.2) is 60.7 Å². The maximum absolute atomic E-state index is 13.3. The lowest BCUT2D eigenvalue weighted by Crippen LogP contribution is -2.58. The maximum Gasteiger partial charge on any atom is 0.328 e. The summed E-state index contributed by atoms with van der Waals surface area (Å²) in [5.41, 5.74) is 13.3. The number of hydrogen-bond acceptors (Lipinski definition) is 7. The minimum absolute atomic E-state index is 0.0627. The van der Waals surface area contributed by atoms with Crippen molar-refractivity contribution in [1.82, 2.24) is 16.0 Å². The molecule has 11 nitrogen and oxygen atoms in total. The van der Waals surface area contributed by atoms with Crippen LogP contribution in [0.2, 0.25) is 0 Å². The number of hydrogen-bond donors (Lipinski definition) is 7. The van der Waals surface area contributed by atoms with Crippen molar-refractivity contribution >= 4 is 23.7 Å². The molecule has 0 spiro atoms.